The van der Waals surface area contributed by atoms with E-state index in [1.807, 2.05) is 103 Å². The summed E-state index contributed by atoms with van der Waals surface area (Å²) < 4.78 is 1.76. The van der Waals surface area contributed by atoms with Crippen molar-refractivity contribution in [3.8, 4) is 0 Å². The standard InChI is InChI=1S/C28H22N4O2/c33-27-28(34,23-15-14-21-10-4-5-11-22(21)16-23)25-12-6-7-13-26(25)32(27)19-24-18-31(30-29-24)17-20-8-2-1-3-9-20/h1-16,18,34H,17,19H2/t28-/m1/s1. The number of hydrogen-bond acceptors (Lipinski definition) is 4. The van der Waals surface area contributed by atoms with Crippen LogP contribution < -0.4 is 4.90 Å². The summed E-state index contributed by atoms with van der Waals surface area (Å²) >= 11 is 0. The van der Waals surface area contributed by atoms with Crippen LogP contribution in [0.15, 0.2) is 103 Å². The normalized spacial score (nSPS) is 17.3. The van der Waals surface area contributed by atoms with Crippen LogP contribution in [-0.4, -0.2) is 26.0 Å². The van der Waals surface area contributed by atoms with Crippen molar-refractivity contribution in [2.45, 2.75) is 18.7 Å². The SMILES string of the molecule is O=C1N(Cc2cn(Cc3ccccc3)nn2)c2ccccc2[C@]1(O)c1ccc2ccccc2c1. The van der Waals surface area contributed by atoms with Crippen LogP contribution in [0.5, 0.6) is 0 Å². The van der Waals surface area contributed by atoms with Gasteiger partial charge in [-0.1, -0.05) is 90.1 Å². The first kappa shape index (κ1) is 20.3. The van der Waals surface area contributed by atoms with Crippen molar-refractivity contribution in [2.75, 3.05) is 4.90 Å². The van der Waals surface area contributed by atoms with Gasteiger partial charge >= 0.3 is 0 Å². The maximum absolute atomic E-state index is 13.7. The Hall–Kier alpha value is -4.29. The zero-order valence-electron chi connectivity index (χ0n) is 18.4. The Labute approximate surface area is 196 Å². The first-order chi connectivity index (χ1) is 16.6. The summed E-state index contributed by atoms with van der Waals surface area (Å²) in [4.78, 5) is 15.3. The fourth-order valence-corrected chi connectivity index (χ4v) is 4.71. The Morgan fingerprint density at radius 3 is 2.38 bits per heavy atom. The lowest BCUT2D eigenvalue weighted by molar-refractivity contribution is -0.132. The van der Waals surface area contributed by atoms with Gasteiger partial charge in [-0.3, -0.25) is 4.79 Å². The van der Waals surface area contributed by atoms with Gasteiger partial charge in [0.15, 0.2) is 5.60 Å². The minimum atomic E-state index is -1.76. The van der Waals surface area contributed by atoms with Gasteiger partial charge < -0.3 is 10.0 Å². The highest BCUT2D eigenvalue weighted by molar-refractivity contribution is 6.09. The molecule has 0 bridgehead atoms. The Kier molecular flexibility index (Phi) is 4.74. The third-order valence-corrected chi connectivity index (χ3v) is 6.40. The van der Waals surface area contributed by atoms with Gasteiger partial charge in [0.05, 0.1) is 25.0 Å². The number of carbonyl (C=O) groups is 1. The Morgan fingerprint density at radius 2 is 1.53 bits per heavy atom. The van der Waals surface area contributed by atoms with Gasteiger partial charge in [0.25, 0.3) is 5.91 Å². The number of hydrogen-bond donors (Lipinski definition) is 1. The molecule has 1 atom stereocenters. The van der Waals surface area contributed by atoms with Gasteiger partial charge in [0.1, 0.15) is 5.69 Å². The number of aliphatic hydroxyl groups is 1. The summed E-state index contributed by atoms with van der Waals surface area (Å²) in [5.41, 5.74) is 1.82. The molecule has 1 amide bonds. The zero-order valence-corrected chi connectivity index (χ0v) is 18.4. The van der Waals surface area contributed by atoms with Crippen LogP contribution in [-0.2, 0) is 23.5 Å². The molecule has 1 aromatic heterocycles. The van der Waals surface area contributed by atoms with E-state index >= 15 is 0 Å². The highest BCUT2D eigenvalue weighted by Gasteiger charge is 2.51. The number of nitrogens with zero attached hydrogens (tertiary/aromatic N) is 4. The molecule has 1 aliphatic heterocycles. The lowest BCUT2D eigenvalue weighted by Gasteiger charge is -2.24. The van der Waals surface area contributed by atoms with Crippen molar-refractivity contribution < 1.29 is 9.90 Å². The number of fused-ring (bicyclic) bond motifs is 2. The second-order valence-electron chi connectivity index (χ2n) is 8.57. The van der Waals surface area contributed by atoms with Crippen LogP contribution in [0.4, 0.5) is 5.69 Å². The first-order valence-electron chi connectivity index (χ1n) is 11.2. The van der Waals surface area contributed by atoms with Crippen molar-refractivity contribution >= 4 is 22.4 Å². The van der Waals surface area contributed by atoms with Crippen molar-refractivity contribution in [3.05, 3.63) is 126 Å². The molecule has 1 N–H and O–H groups in total. The van der Waals surface area contributed by atoms with Crippen molar-refractivity contribution in [1.82, 2.24) is 15.0 Å². The van der Waals surface area contributed by atoms with Gasteiger partial charge in [0, 0.05) is 5.56 Å². The molecule has 0 spiro atoms. The van der Waals surface area contributed by atoms with E-state index in [9.17, 15) is 9.90 Å². The number of carbonyl (C=O) groups excluding carboxylic acids is 1. The van der Waals surface area contributed by atoms with Crippen molar-refractivity contribution in [2.24, 2.45) is 0 Å². The second-order valence-corrected chi connectivity index (χ2v) is 8.57. The Bertz CT molecular complexity index is 1510. The molecule has 6 nitrogen and oxygen atoms in total. The fourth-order valence-electron chi connectivity index (χ4n) is 4.71. The average Bonchev–Trinajstić information content (AvgIpc) is 3.41. The monoisotopic (exact) mass is 446 g/mol. The molecule has 1 aliphatic rings. The van der Waals surface area contributed by atoms with E-state index < -0.39 is 5.60 Å². The Balaban J connectivity index is 1.34. The number of para-hydroxylation sites is 1. The van der Waals surface area contributed by atoms with Crippen molar-refractivity contribution in [1.29, 1.82) is 0 Å². The number of anilines is 1. The highest BCUT2D eigenvalue weighted by Crippen LogP contribution is 2.45. The zero-order chi connectivity index (χ0) is 23.1. The topological polar surface area (TPSA) is 71.2 Å². The molecule has 0 saturated heterocycles. The quantitative estimate of drug-likeness (QED) is 0.438. The highest BCUT2D eigenvalue weighted by atomic mass is 16.3. The summed E-state index contributed by atoms with van der Waals surface area (Å²) in [6, 6.07) is 31.0. The van der Waals surface area contributed by atoms with Crippen LogP contribution in [0.2, 0.25) is 0 Å². The second kappa shape index (κ2) is 7.93. The van der Waals surface area contributed by atoms with Gasteiger partial charge in [-0.15, -0.1) is 5.10 Å². The van der Waals surface area contributed by atoms with Gasteiger partial charge in [-0.25, -0.2) is 4.68 Å². The molecule has 0 unspecified atom stereocenters. The van der Waals surface area contributed by atoms with E-state index in [2.05, 4.69) is 10.3 Å². The van der Waals surface area contributed by atoms with Crippen LogP contribution in [0.25, 0.3) is 10.8 Å². The number of rotatable bonds is 5. The summed E-state index contributed by atoms with van der Waals surface area (Å²) in [6.07, 6.45) is 1.84. The number of aromatic nitrogens is 3. The van der Waals surface area contributed by atoms with E-state index in [0.29, 0.717) is 29.1 Å². The molecule has 34 heavy (non-hydrogen) atoms. The summed E-state index contributed by atoms with van der Waals surface area (Å²) in [6.45, 7) is 0.819. The summed E-state index contributed by atoms with van der Waals surface area (Å²) in [7, 11) is 0. The van der Waals surface area contributed by atoms with Crippen LogP contribution in [0, 0.1) is 0 Å². The molecular formula is C28H22N4O2. The maximum Gasteiger partial charge on any atom is 0.268 e. The summed E-state index contributed by atoms with van der Waals surface area (Å²) in [5.74, 6) is -0.387. The summed E-state index contributed by atoms with van der Waals surface area (Å²) in [5, 5.41) is 22.4. The predicted molar refractivity (Wildman–Crippen MR) is 130 cm³/mol. The van der Waals surface area contributed by atoms with E-state index in [1.54, 1.807) is 9.58 Å². The van der Waals surface area contributed by atoms with Gasteiger partial charge in [-0.05, 0) is 34.0 Å². The molecule has 2 heterocycles. The molecule has 0 radical (unpaired) electrons. The van der Waals surface area contributed by atoms with E-state index in [0.717, 1.165) is 16.3 Å². The smallest absolute Gasteiger partial charge is 0.268 e. The molecule has 0 fully saturated rings. The lowest BCUT2D eigenvalue weighted by atomic mass is 9.86. The molecule has 0 saturated carbocycles. The molecule has 6 rings (SSSR count). The van der Waals surface area contributed by atoms with Crippen LogP contribution in [0.1, 0.15) is 22.4 Å². The molecule has 4 aromatic carbocycles. The third-order valence-electron chi connectivity index (χ3n) is 6.40. The molecule has 0 aliphatic carbocycles. The largest absolute Gasteiger partial charge is 0.372 e. The van der Waals surface area contributed by atoms with E-state index in [4.69, 9.17) is 0 Å². The fraction of sp³-hybridized carbons (Fsp3) is 0.107. The minimum absolute atomic E-state index is 0.223. The first-order valence-corrected chi connectivity index (χ1v) is 11.2. The van der Waals surface area contributed by atoms with Crippen LogP contribution >= 0.6 is 0 Å². The predicted octanol–water partition coefficient (Wildman–Crippen LogP) is 4.26. The van der Waals surface area contributed by atoms with E-state index in [-0.39, 0.29) is 12.5 Å². The lowest BCUT2D eigenvalue weighted by Crippen LogP contribution is -2.41. The number of amides is 1. The number of benzene rings is 4. The minimum Gasteiger partial charge on any atom is -0.372 e. The Morgan fingerprint density at radius 1 is 0.794 bits per heavy atom. The average molecular weight is 447 g/mol. The van der Waals surface area contributed by atoms with Crippen molar-refractivity contribution in [3.63, 3.8) is 0 Å². The molecule has 6 heteroatoms. The van der Waals surface area contributed by atoms with E-state index in [1.165, 1.54) is 0 Å². The molecule has 166 valence electrons. The maximum atomic E-state index is 13.7. The van der Waals surface area contributed by atoms with Gasteiger partial charge in [0.2, 0.25) is 0 Å². The van der Waals surface area contributed by atoms with Gasteiger partial charge in [-0.2, -0.15) is 0 Å². The third kappa shape index (κ3) is 3.27. The molecular weight excluding hydrogens is 424 g/mol. The van der Waals surface area contributed by atoms with Crippen LogP contribution in [0.3, 0.4) is 0 Å². The molecule has 5 aromatic rings.